The van der Waals surface area contributed by atoms with Gasteiger partial charge in [0.15, 0.2) is 11.6 Å². The normalized spacial score (nSPS) is 14.4. The number of nitro groups is 1. The van der Waals surface area contributed by atoms with Gasteiger partial charge in [-0.15, -0.1) is 0 Å². The molecule has 1 aliphatic rings. The van der Waals surface area contributed by atoms with Crippen molar-refractivity contribution in [2.45, 2.75) is 0 Å². The molecule has 1 aliphatic heterocycles. The first-order valence-electron chi connectivity index (χ1n) is 7.66. The monoisotopic (exact) mass is 382 g/mol. The van der Waals surface area contributed by atoms with E-state index in [-0.39, 0.29) is 16.3 Å². The Bertz CT molecular complexity index is 855. The molecule has 0 radical (unpaired) electrons. The van der Waals surface area contributed by atoms with Gasteiger partial charge in [0.2, 0.25) is 0 Å². The van der Waals surface area contributed by atoms with Crippen molar-refractivity contribution in [3.8, 4) is 0 Å². The van der Waals surface area contributed by atoms with E-state index in [0.29, 0.717) is 32.0 Å². The van der Waals surface area contributed by atoms with E-state index in [0.717, 1.165) is 12.1 Å². The number of hydrogen-bond acceptors (Lipinski definition) is 5. The molecule has 3 rings (SSSR count). The second-order valence-electron chi connectivity index (χ2n) is 5.66. The summed E-state index contributed by atoms with van der Waals surface area (Å²) in [7, 11) is 0. The number of rotatable bonds is 3. The quantitative estimate of drug-likeness (QED) is 0.463. The van der Waals surface area contributed by atoms with Gasteiger partial charge in [0.1, 0.15) is 12.0 Å². The Morgan fingerprint density at radius 1 is 1.15 bits per heavy atom. The summed E-state index contributed by atoms with van der Waals surface area (Å²) in [4.78, 5) is 30.0. The first-order chi connectivity index (χ1) is 12.4. The zero-order valence-corrected chi connectivity index (χ0v) is 14.1. The van der Waals surface area contributed by atoms with Crippen LogP contribution in [0.1, 0.15) is 10.4 Å². The van der Waals surface area contributed by atoms with Gasteiger partial charge in [0.25, 0.3) is 11.6 Å². The third-order valence-corrected chi connectivity index (χ3v) is 4.39. The third-order valence-electron chi connectivity index (χ3n) is 4.07. The summed E-state index contributed by atoms with van der Waals surface area (Å²) in [5, 5.41) is 10.5. The molecule has 1 amide bonds. The summed E-state index contributed by atoms with van der Waals surface area (Å²) in [6.07, 6.45) is 1.17. The second kappa shape index (κ2) is 7.20. The highest BCUT2D eigenvalue weighted by Gasteiger charge is 2.25. The average Bonchev–Trinajstić information content (AvgIpc) is 2.64. The van der Waals surface area contributed by atoms with Crippen LogP contribution in [0, 0.1) is 21.7 Å². The molecule has 0 atom stereocenters. The van der Waals surface area contributed by atoms with Crippen LogP contribution in [0.25, 0.3) is 0 Å². The Balaban J connectivity index is 1.67. The summed E-state index contributed by atoms with van der Waals surface area (Å²) < 4.78 is 26.5. The van der Waals surface area contributed by atoms with Gasteiger partial charge in [-0.05, 0) is 18.2 Å². The number of pyridine rings is 1. The molecule has 0 spiro atoms. The molecule has 0 aliphatic carbocycles. The molecule has 1 saturated heterocycles. The molecule has 10 heteroatoms. The fraction of sp³-hybridized carbons (Fsp3) is 0.250. The number of hydrogen-bond donors (Lipinski definition) is 0. The molecule has 2 heterocycles. The van der Waals surface area contributed by atoms with E-state index < -0.39 is 22.5 Å². The first-order valence-corrected chi connectivity index (χ1v) is 8.04. The van der Waals surface area contributed by atoms with Gasteiger partial charge in [0.05, 0.1) is 15.5 Å². The smallest absolute Gasteiger partial charge is 0.287 e. The van der Waals surface area contributed by atoms with E-state index in [1.807, 2.05) is 4.90 Å². The van der Waals surface area contributed by atoms with Crippen molar-refractivity contribution in [2.75, 3.05) is 31.1 Å². The Kier molecular flexibility index (Phi) is 4.99. The number of carbonyl (C=O) groups excluding carboxylic acids is 1. The SMILES string of the molecule is O=C(c1cc(F)c(F)cc1Cl)N1CCN(c2ccc([N+](=O)[O-])cn2)CC1. The second-order valence-corrected chi connectivity index (χ2v) is 6.06. The van der Waals surface area contributed by atoms with Gasteiger partial charge in [-0.2, -0.15) is 0 Å². The number of amides is 1. The number of piperazine rings is 1. The molecule has 7 nitrogen and oxygen atoms in total. The van der Waals surface area contributed by atoms with Crippen molar-refractivity contribution >= 4 is 29.0 Å². The molecule has 26 heavy (non-hydrogen) atoms. The maximum absolute atomic E-state index is 13.4. The van der Waals surface area contributed by atoms with Crippen molar-refractivity contribution in [1.82, 2.24) is 9.88 Å². The fourth-order valence-electron chi connectivity index (χ4n) is 2.67. The van der Waals surface area contributed by atoms with Crippen LogP contribution in [-0.4, -0.2) is 46.9 Å². The van der Waals surface area contributed by atoms with Crippen molar-refractivity contribution in [3.63, 3.8) is 0 Å². The Morgan fingerprint density at radius 3 is 2.38 bits per heavy atom. The minimum Gasteiger partial charge on any atom is -0.353 e. The topological polar surface area (TPSA) is 79.6 Å². The molecule has 136 valence electrons. The average molecular weight is 383 g/mol. The van der Waals surface area contributed by atoms with Crippen LogP contribution in [0.5, 0.6) is 0 Å². The van der Waals surface area contributed by atoms with Gasteiger partial charge in [-0.3, -0.25) is 14.9 Å². The van der Waals surface area contributed by atoms with Gasteiger partial charge in [-0.25, -0.2) is 13.8 Å². The van der Waals surface area contributed by atoms with E-state index in [1.54, 1.807) is 6.07 Å². The lowest BCUT2D eigenvalue weighted by molar-refractivity contribution is -0.385. The van der Waals surface area contributed by atoms with Gasteiger partial charge < -0.3 is 9.80 Å². The van der Waals surface area contributed by atoms with E-state index in [1.165, 1.54) is 17.2 Å². The van der Waals surface area contributed by atoms with Crippen LogP contribution in [0.2, 0.25) is 5.02 Å². The zero-order valence-electron chi connectivity index (χ0n) is 13.4. The van der Waals surface area contributed by atoms with Gasteiger partial charge in [0, 0.05) is 32.2 Å². The summed E-state index contributed by atoms with van der Waals surface area (Å²) in [6.45, 7) is 1.54. The predicted molar refractivity (Wildman–Crippen MR) is 90.4 cm³/mol. The van der Waals surface area contributed by atoms with Crippen LogP contribution in [-0.2, 0) is 0 Å². The number of benzene rings is 1. The minimum atomic E-state index is -1.13. The standard InChI is InChI=1S/C16H13ClF2N4O3/c17-12-8-14(19)13(18)7-11(12)16(24)22-5-3-21(4-6-22)15-2-1-10(9-20-15)23(25)26/h1-2,7-9H,3-6H2. The molecule has 1 aromatic heterocycles. The largest absolute Gasteiger partial charge is 0.353 e. The highest BCUT2D eigenvalue weighted by Crippen LogP contribution is 2.23. The van der Waals surface area contributed by atoms with Crippen molar-refractivity contribution in [3.05, 3.63) is 62.8 Å². The van der Waals surface area contributed by atoms with Gasteiger partial charge in [-0.1, -0.05) is 11.6 Å². The lowest BCUT2D eigenvalue weighted by Crippen LogP contribution is -2.49. The van der Waals surface area contributed by atoms with E-state index in [4.69, 9.17) is 11.6 Å². The molecule has 1 aromatic carbocycles. The van der Waals surface area contributed by atoms with E-state index in [9.17, 15) is 23.7 Å². The van der Waals surface area contributed by atoms with Gasteiger partial charge >= 0.3 is 0 Å². The zero-order chi connectivity index (χ0) is 18.8. The molecular weight excluding hydrogens is 370 g/mol. The number of anilines is 1. The molecule has 0 bridgehead atoms. The predicted octanol–water partition coefficient (Wildman–Crippen LogP) is 2.88. The summed E-state index contributed by atoms with van der Waals surface area (Å²) >= 11 is 5.85. The van der Waals surface area contributed by atoms with Crippen LogP contribution in [0.15, 0.2) is 30.5 Å². The van der Waals surface area contributed by atoms with Crippen LogP contribution < -0.4 is 4.90 Å². The molecule has 1 fully saturated rings. The number of aromatic nitrogens is 1. The Morgan fingerprint density at radius 2 is 1.81 bits per heavy atom. The first kappa shape index (κ1) is 18.0. The van der Waals surface area contributed by atoms with Crippen LogP contribution in [0.3, 0.4) is 0 Å². The van der Waals surface area contributed by atoms with Crippen molar-refractivity contribution < 1.29 is 18.5 Å². The van der Waals surface area contributed by atoms with E-state index in [2.05, 4.69) is 4.98 Å². The van der Waals surface area contributed by atoms with Crippen molar-refractivity contribution in [2.24, 2.45) is 0 Å². The molecule has 0 saturated carbocycles. The lowest BCUT2D eigenvalue weighted by atomic mass is 10.1. The highest BCUT2D eigenvalue weighted by molar-refractivity contribution is 6.33. The molecular formula is C16H13ClF2N4O3. The fourth-order valence-corrected chi connectivity index (χ4v) is 2.90. The summed E-state index contributed by atoms with van der Waals surface area (Å²) in [6, 6.07) is 4.48. The Hall–Kier alpha value is -2.81. The third kappa shape index (κ3) is 3.57. The molecule has 0 unspecified atom stereocenters. The van der Waals surface area contributed by atoms with E-state index >= 15 is 0 Å². The maximum Gasteiger partial charge on any atom is 0.287 e. The summed E-state index contributed by atoms with van der Waals surface area (Å²) in [5.41, 5.74) is -0.192. The summed E-state index contributed by atoms with van der Waals surface area (Å²) in [5.74, 6) is -2.16. The Labute approximate surface area is 151 Å². The number of halogens is 3. The number of nitrogens with zero attached hydrogens (tertiary/aromatic N) is 4. The van der Waals surface area contributed by atoms with Crippen molar-refractivity contribution in [1.29, 1.82) is 0 Å². The maximum atomic E-state index is 13.4. The lowest BCUT2D eigenvalue weighted by Gasteiger charge is -2.35. The van der Waals surface area contributed by atoms with Crippen LogP contribution >= 0.6 is 11.6 Å². The molecule has 0 N–H and O–H groups in total. The number of carbonyl (C=O) groups is 1. The minimum absolute atomic E-state index is 0.0903. The molecule has 2 aromatic rings. The van der Waals surface area contributed by atoms with Crippen LogP contribution in [0.4, 0.5) is 20.3 Å². The highest BCUT2D eigenvalue weighted by atomic mass is 35.5.